The molecule has 0 aliphatic rings. The van der Waals surface area contributed by atoms with E-state index in [0.717, 1.165) is 5.16 Å². The predicted octanol–water partition coefficient (Wildman–Crippen LogP) is 1.86. The Kier molecular flexibility index (Phi) is 4.99. The maximum Gasteiger partial charge on any atom is 0.233 e. The summed E-state index contributed by atoms with van der Waals surface area (Å²) in [4.78, 5) is 11.8. The van der Waals surface area contributed by atoms with E-state index >= 15 is 0 Å². The van der Waals surface area contributed by atoms with Gasteiger partial charge in [-0.2, -0.15) is 0 Å². The van der Waals surface area contributed by atoms with Gasteiger partial charge >= 0.3 is 0 Å². The number of carbonyl (C=O) groups is 1. The quantitative estimate of drug-likeness (QED) is 0.817. The summed E-state index contributed by atoms with van der Waals surface area (Å²) in [6.45, 7) is 9.90. The normalized spacial score (nSPS) is 13.1. The number of hydrogen-bond donors (Lipinski definition) is 1. The molecule has 0 saturated carbocycles. The minimum absolute atomic E-state index is 0.0308. The zero-order chi connectivity index (χ0) is 13.0. The van der Waals surface area contributed by atoms with Crippen LogP contribution >= 0.6 is 11.8 Å². The van der Waals surface area contributed by atoms with E-state index in [1.54, 1.807) is 6.33 Å². The van der Waals surface area contributed by atoms with Crippen LogP contribution in [0.15, 0.2) is 11.5 Å². The van der Waals surface area contributed by atoms with Crippen molar-refractivity contribution in [1.29, 1.82) is 0 Å². The molecule has 1 heterocycles. The summed E-state index contributed by atoms with van der Waals surface area (Å²) in [5.74, 6) is 0.0308. The average molecular weight is 256 g/mol. The predicted molar refractivity (Wildman–Crippen MR) is 69.0 cm³/mol. The second-order valence-corrected chi connectivity index (χ2v) is 5.85. The maximum atomic E-state index is 11.8. The van der Waals surface area contributed by atoms with Gasteiger partial charge in [0.15, 0.2) is 5.16 Å². The van der Waals surface area contributed by atoms with Crippen LogP contribution in [0.5, 0.6) is 0 Å². The SMILES string of the molecule is CC(C)NC(=O)C(C)Sc1nncn1C(C)C. The average Bonchev–Trinajstić information content (AvgIpc) is 2.64. The zero-order valence-corrected chi connectivity index (χ0v) is 11.8. The van der Waals surface area contributed by atoms with Gasteiger partial charge in [-0.05, 0) is 34.6 Å². The molecule has 0 aliphatic heterocycles. The lowest BCUT2D eigenvalue weighted by atomic mass is 10.3. The topological polar surface area (TPSA) is 59.8 Å². The van der Waals surface area contributed by atoms with Gasteiger partial charge in [-0.25, -0.2) is 0 Å². The van der Waals surface area contributed by atoms with Crippen molar-refractivity contribution in [2.45, 2.75) is 57.1 Å². The van der Waals surface area contributed by atoms with E-state index in [1.807, 2.05) is 25.3 Å². The zero-order valence-electron chi connectivity index (χ0n) is 11.0. The largest absolute Gasteiger partial charge is 0.353 e. The molecule has 1 aromatic heterocycles. The standard InChI is InChI=1S/C11H20N4OS/c1-7(2)13-10(16)9(5)17-11-14-12-6-15(11)8(3)4/h6-9H,1-5H3,(H,13,16). The third-order valence-corrected chi connectivity index (χ3v) is 3.25. The van der Waals surface area contributed by atoms with Gasteiger partial charge in [0.05, 0.1) is 5.25 Å². The molecule has 1 N–H and O–H groups in total. The molecule has 1 rings (SSSR count). The fraction of sp³-hybridized carbons (Fsp3) is 0.727. The minimum Gasteiger partial charge on any atom is -0.353 e. The monoisotopic (exact) mass is 256 g/mol. The van der Waals surface area contributed by atoms with Crippen LogP contribution in [0.25, 0.3) is 0 Å². The number of thioether (sulfide) groups is 1. The molecule has 1 amide bonds. The van der Waals surface area contributed by atoms with E-state index in [-0.39, 0.29) is 17.2 Å². The Balaban J connectivity index is 2.64. The summed E-state index contributed by atoms with van der Waals surface area (Å²) < 4.78 is 1.96. The molecule has 0 bridgehead atoms. The summed E-state index contributed by atoms with van der Waals surface area (Å²) >= 11 is 1.43. The summed E-state index contributed by atoms with van der Waals surface area (Å²) in [7, 11) is 0. The van der Waals surface area contributed by atoms with Crippen LogP contribution in [0.3, 0.4) is 0 Å². The van der Waals surface area contributed by atoms with E-state index in [1.165, 1.54) is 11.8 Å². The molecule has 1 atom stereocenters. The third-order valence-electron chi connectivity index (χ3n) is 2.18. The minimum atomic E-state index is -0.168. The summed E-state index contributed by atoms with van der Waals surface area (Å²) in [6.07, 6.45) is 1.69. The van der Waals surface area contributed by atoms with Gasteiger partial charge in [0, 0.05) is 12.1 Å². The Morgan fingerprint density at radius 2 is 2.00 bits per heavy atom. The molecule has 1 aromatic rings. The van der Waals surface area contributed by atoms with Crippen LogP contribution in [0, 0.1) is 0 Å². The molecule has 0 spiro atoms. The maximum absolute atomic E-state index is 11.8. The highest BCUT2D eigenvalue weighted by Gasteiger charge is 2.18. The second-order valence-electron chi connectivity index (χ2n) is 4.54. The van der Waals surface area contributed by atoms with Crippen LogP contribution in [0.2, 0.25) is 0 Å². The Morgan fingerprint density at radius 1 is 1.35 bits per heavy atom. The van der Waals surface area contributed by atoms with Crippen molar-refractivity contribution in [1.82, 2.24) is 20.1 Å². The first-order valence-electron chi connectivity index (χ1n) is 5.78. The van der Waals surface area contributed by atoms with Crippen molar-refractivity contribution < 1.29 is 4.79 Å². The highest BCUT2D eigenvalue weighted by atomic mass is 32.2. The van der Waals surface area contributed by atoms with E-state index in [2.05, 4.69) is 29.4 Å². The third kappa shape index (κ3) is 4.03. The number of hydrogen-bond acceptors (Lipinski definition) is 4. The van der Waals surface area contributed by atoms with Crippen molar-refractivity contribution in [3.63, 3.8) is 0 Å². The van der Waals surface area contributed by atoms with Gasteiger partial charge in [0.25, 0.3) is 0 Å². The lowest BCUT2D eigenvalue weighted by molar-refractivity contribution is -0.120. The molecule has 5 nitrogen and oxygen atoms in total. The first kappa shape index (κ1) is 14.0. The molecule has 0 aliphatic carbocycles. The van der Waals surface area contributed by atoms with Crippen molar-refractivity contribution in [3.8, 4) is 0 Å². The number of amides is 1. The van der Waals surface area contributed by atoms with E-state index in [9.17, 15) is 4.79 Å². The molecule has 96 valence electrons. The number of nitrogens with one attached hydrogen (secondary N) is 1. The fourth-order valence-electron chi connectivity index (χ4n) is 1.28. The van der Waals surface area contributed by atoms with Crippen LogP contribution in [-0.4, -0.2) is 32.0 Å². The number of nitrogens with zero attached hydrogens (tertiary/aromatic N) is 3. The molecule has 0 radical (unpaired) electrons. The Hall–Kier alpha value is -1.04. The van der Waals surface area contributed by atoms with Crippen LogP contribution in [0.4, 0.5) is 0 Å². The molecular weight excluding hydrogens is 236 g/mol. The number of aromatic nitrogens is 3. The van der Waals surface area contributed by atoms with Gasteiger partial charge in [0.1, 0.15) is 6.33 Å². The van der Waals surface area contributed by atoms with Gasteiger partial charge in [-0.3, -0.25) is 4.79 Å². The molecule has 1 unspecified atom stereocenters. The van der Waals surface area contributed by atoms with Gasteiger partial charge in [-0.15, -0.1) is 10.2 Å². The van der Waals surface area contributed by atoms with Crippen LogP contribution in [0.1, 0.15) is 40.7 Å². The molecule has 0 fully saturated rings. The van der Waals surface area contributed by atoms with Crippen LogP contribution in [-0.2, 0) is 4.79 Å². The second kappa shape index (κ2) is 6.05. The number of carbonyl (C=O) groups excluding carboxylic acids is 1. The van der Waals surface area contributed by atoms with Gasteiger partial charge < -0.3 is 9.88 Å². The smallest absolute Gasteiger partial charge is 0.233 e. The highest BCUT2D eigenvalue weighted by molar-refractivity contribution is 8.00. The van der Waals surface area contributed by atoms with Gasteiger partial charge in [0.2, 0.25) is 5.91 Å². The molecule has 0 saturated heterocycles. The molecule has 6 heteroatoms. The molecule has 0 aromatic carbocycles. The van der Waals surface area contributed by atoms with Crippen LogP contribution < -0.4 is 5.32 Å². The Labute approximate surface area is 106 Å². The molecular formula is C11H20N4OS. The molecule has 17 heavy (non-hydrogen) atoms. The summed E-state index contributed by atoms with van der Waals surface area (Å²) in [6, 6.07) is 0.460. The van der Waals surface area contributed by atoms with Gasteiger partial charge in [-0.1, -0.05) is 11.8 Å². The van der Waals surface area contributed by atoms with Crippen molar-refractivity contribution >= 4 is 17.7 Å². The number of rotatable bonds is 5. The first-order chi connectivity index (χ1) is 7.91. The lowest BCUT2D eigenvalue weighted by Crippen LogP contribution is -2.36. The summed E-state index contributed by atoms with van der Waals surface area (Å²) in [5, 5.41) is 11.4. The van der Waals surface area contributed by atoms with E-state index in [4.69, 9.17) is 0 Å². The fourth-order valence-corrected chi connectivity index (χ4v) is 2.25. The van der Waals surface area contributed by atoms with E-state index in [0.29, 0.717) is 6.04 Å². The van der Waals surface area contributed by atoms with Crippen molar-refractivity contribution in [2.24, 2.45) is 0 Å². The Morgan fingerprint density at radius 3 is 2.53 bits per heavy atom. The Bertz CT molecular complexity index is 375. The highest BCUT2D eigenvalue weighted by Crippen LogP contribution is 2.23. The van der Waals surface area contributed by atoms with Crippen molar-refractivity contribution in [3.05, 3.63) is 6.33 Å². The summed E-state index contributed by atoms with van der Waals surface area (Å²) in [5.41, 5.74) is 0. The lowest BCUT2D eigenvalue weighted by Gasteiger charge is -2.15. The van der Waals surface area contributed by atoms with E-state index < -0.39 is 0 Å². The van der Waals surface area contributed by atoms with Crippen molar-refractivity contribution in [2.75, 3.05) is 0 Å². The first-order valence-corrected chi connectivity index (χ1v) is 6.66.